The Morgan fingerprint density at radius 3 is 2.75 bits per heavy atom. The van der Waals surface area contributed by atoms with Gasteiger partial charge in [0.25, 0.3) is 5.69 Å². The molecule has 0 radical (unpaired) electrons. The molecule has 0 aliphatic heterocycles. The van der Waals surface area contributed by atoms with Gasteiger partial charge in [0, 0.05) is 27.4 Å². The minimum atomic E-state index is -0.388. The average molecular weight is 386 g/mol. The fourth-order valence-electron chi connectivity index (χ4n) is 1.88. The Morgan fingerprint density at radius 1 is 1.35 bits per heavy atom. The van der Waals surface area contributed by atoms with Gasteiger partial charge in [-0.15, -0.1) is 0 Å². The van der Waals surface area contributed by atoms with Crippen LogP contribution < -0.4 is 5.32 Å². The van der Waals surface area contributed by atoms with E-state index in [0.29, 0.717) is 12.1 Å². The molecule has 0 atom stereocenters. The van der Waals surface area contributed by atoms with Crippen LogP contribution in [-0.2, 0) is 6.54 Å². The minimum absolute atomic E-state index is 0.109. The second kappa shape index (κ2) is 6.17. The number of benzene rings is 2. The molecule has 2 aromatic rings. The number of hydrogen-bond acceptors (Lipinski definition) is 3. The first kappa shape index (κ1) is 14.7. The molecule has 6 heteroatoms. The van der Waals surface area contributed by atoms with Crippen molar-refractivity contribution in [2.45, 2.75) is 13.5 Å². The smallest absolute Gasteiger partial charge is 0.272 e. The van der Waals surface area contributed by atoms with Crippen molar-refractivity contribution in [2.24, 2.45) is 0 Å². The number of hydrogen-bond donors (Lipinski definition) is 1. The molecule has 1 N–H and O–H groups in total. The standard InChI is InChI=1S/C14H12FIN2O2/c1-9-10(3-2-4-14(9)18(19)20)8-17-13-6-5-11(15)7-12(13)16/h2-7,17H,8H2,1H3. The van der Waals surface area contributed by atoms with Crippen molar-refractivity contribution >= 4 is 34.0 Å². The van der Waals surface area contributed by atoms with Gasteiger partial charge in [0.2, 0.25) is 0 Å². The molecule has 0 bridgehead atoms. The summed E-state index contributed by atoms with van der Waals surface area (Å²) in [5, 5.41) is 14.0. The maximum Gasteiger partial charge on any atom is 0.272 e. The second-order valence-corrected chi connectivity index (χ2v) is 5.46. The van der Waals surface area contributed by atoms with Crippen LogP contribution in [0.3, 0.4) is 0 Å². The summed E-state index contributed by atoms with van der Waals surface area (Å²) in [6.07, 6.45) is 0. The van der Waals surface area contributed by atoms with E-state index < -0.39 is 0 Å². The Hall–Kier alpha value is -1.70. The Bertz CT molecular complexity index is 662. The lowest BCUT2D eigenvalue weighted by atomic mass is 10.1. The molecule has 20 heavy (non-hydrogen) atoms. The number of nitro benzene ring substituents is 1. The van der Waals surface area contributed by atoms with Gasteiger partial charge >= 0.3 is 0 Å². The van der Waals surface area contributed by atoms with Gasteiger partial charge in [-0.3, -0.25) is 10.1 Å². The summed E-state index contributed by atoms with van der Waals surface area (Å²) in [7, 11) is 0. The average Bonchev–Trinajstić information content (AvgIpc) is 2.39. The van der Waals surface area contributed by atoms with Crippen LogP contribution in [0.1, 0.15) is 11.1 Å². The van der Waals surface area contributed by atoms with Crippen LogP contribution in [0.5, 0.6) is 0 Å². The highest BCUT2D eigenvalue weighted by molar-refractivity contribution is 14.1. The lowest BCUT2D eigenvalue weighted by molar-refractivity contribution is -0.385. The highest BCUT2D eigenvalue weighted by Gasteiger charge is 2.13. The van der Waals surface area contributed by atoms with Crippen molar-refractivity contribution in [1.29, 1.82) is 0 Å². The van der Waals surface area contributed by atoms with Crippen molar-refractivity contribution < 1.29 is 9.31 Å². The van der Waals surface area contributed by atoms with Gasteiger partial charge < -0.3 is 5.32 Å². The molecule has 0 saturated heterocycles. The molecule has 0 spiro atoms. The zero-order valence-corrected chi connectivity index (χ0v) is 12.8. The van der Waals surface area contributed by atoms with Crippen molar-refractivity contribution in [1.82, 2.24) is 0 Å². The Morgan fingerprint density at radius 2 is 2.10 bits per heavy atom. The van der Waals surface area contributed by atoms with Crippen LogP contribution in [0.15, 0.2) is 36.4 Å². The summed E-state index contributed by atoms with van der Waals surface area (Å²) in [6.45, 7) is 2.18. The van der Waals surface area contributed by atoms with Crippen LogP contribution in [0.25, 0.3) is 0 Å². The van der Waals surface area contributed by atoms with Gasteiger partial charge in [-0.25, -0.2) is 4.39 Å². The van der Waals surface area contributed by atoms with E-state index in [-0.39, 0.29) is 16.4 Å². The Labute approximate surface area is 129 Å². The van der Waals surface area contributed by atoms with E-state index in [1.54, 1.807) is 19.1 Å². The normalized spacial score (nSPS) is 10.3. The first-order chi connectivity index (χ1) is 9.49. The maximum atomic E-state index is 13.0. The fraction of sp³-hybridized carbons (Fsp3) is 0.143. The topological polar surface area (TPSA) is 55.2 Å². The molecule has 2 rings (SSSR count). The van der Waals surface area contributed by atoms with Crippen molar-refractivity contribution in [2.75, 3.05) is 5.32 Å². The van der Waals surface area contributed by atoms with Gasteiger partial charge in [-0.1, -0.05) is 12.1 Å². The summed E-state index contributed by atoms with van der Waals surface area (Å²) in [5.41, 5.74) is 2.40. The molecule has 0 heterocycles. The van der Waals surface area contributed by atoms with E-state index >= 15 is 0 Å². The zero-order chi connectivity index (χ0) is 14.7. The molecule has 0 aliphatic rings. The molecule has 0 amide bonds. The quantitative estimate of drug-likeness (QED) is 0.486. The van der Waals surface area contributed by atoms with E-state index in [0.717, 1.165) is 14.8 Å². The number of halogens is 2. The second-order valence-electron chi connectivity index (χ2n) is 4.30. The summed E-state index contributed by atoms with van der Waals surface area (Å²) in [5.74, 6) is -0.286. The minimum Gasteiger partial charge on any atom is -0.380 e. The number of anilines is 1. The third-order valence-corrected chi connectivity index (χ3v) is 3.91. The van der Waals surface area contributed by atoms with Gasteiger partial charge in [0.15, 0.2) is 0 Å². The van der Waals surface area contributed by atoms with E-state index in [1.807, 2.05) is 28.7 Å². The van der Waals surface area contributed by atoms with E-state index in [9.17, 15) is 14.5 Å². The lowest BCUT2D eigenvalue weighted by Crippen LogP contribution is -2.04. The summed E-state index contributed by atoms with van der Waals surface area (Å²) >= 11 is 2.04. The zero-order valence-electron chi connectivity index (χ0n) is 10.7. The van der Waals surface area contributed by atoms with E-state index in [1.165, 1.54) is 18.2 Å². The van der Waals surface area contributed by atoms with Crippen LogP contribution in [0, 0.1) is 26.4 Å². The predicted molar refractivity (Wildman–Crippen MR) is 84.3 cm³/mol. The van der Waals surface area contributed by atoms with Crippen LogP contribution in [-0.4, -0.2) is 4.92 Å². The van der Waals surface area contributed by atoms with Crippen molar-refractivity contribution in [3.63, 3.8) is 0 Å². The largest absolute Gasteiger partial charge is 0.380 e. The van der Waals surface area contributed by atoms with Crippen LogP contribution in [0.2, 0.25) is 0 Å². The van der Waals surface area contributed by atoms with Gasteiger partial charge in [-0.05, 0) is 53.3 Å². The Balaban J connectivity index is 2.19. The maximum absolute atomic E-state index is 13.0. The number of nitrogens with one attached hydrogen (secondary N) is 1. The molecular weight excluding hydrogens is 374 g/mol. The highest BCUT2D eigenvalue weighted by atomic mass is 127. The molecule has 0 aliphatic carbocycles. The molecule has 104 valence electrons. The first-order valence-electron chi connectivity index (χ1n) is 5.91. The molecular formula is C14H12FIN2O2. The molecule has 4 nitrogen and oxygen atoms in total. The summed E-state index contributed by atoms with van der Waals surface area (Å²) in [4.78, 5) is 10.5. The molecule has 0 saturated carbocycles. The molecule has 2 aromatic carbocycles. The monoisotopic (exact) mass is 386 g/mol. The number of nitrogens with zero attached hydrogens (tertiary/aromatic N) is 1. The van der Waals surface area contributed by atoms with Crippen molar-refractivity contribution in [3.05, 3.63) is 67.0 Å². The van der Waals surface area contributed by atoms with Crippen LogP contribution in [0.4, 0.5) is 15.8 Å². The third kappa shape index (κ3) is 3.24. The van der Waals surface area contributed by atoms with Gasteiger partial charge in [0.05, 0.1) is 4.92 Å². The van der Waals surface area contributed by atoms with E-state index in [2.05, 4.69) is 5.32 Å². The third-order valence-electron chi connectivity index (χ3n) is 3.01. The van der Waals surface area contributed by atoms with Crippen molar-refractivity contribution in [3.8, 4) is 0 Å². The van der Waals surface area contributed by atoms with E-state index in [4.69, 9.17) is 0 Å². The van der Waals surface area contributed by atoms with Gasteiger partial charge in [-0.2, -0.15) is 0 Å². The van der Waals surface area contributed by atoms with Crippen LogP contribution >= 0.6 is 22.6 Å². The highest BCUT2D eigenvalue weighted by Crippen LogP contribution is 2.24. The Kier molecular flexibility index (Phi) is 4.53. The SMILES string of the molecule is Cc1c(CNc2ccc(F)cc2I)cccc1[N+](=O)[O-]. The first-order valence-corrected chi connectivity index (χ1v) is 6.98. The number of nitro groups is 1. The molecule has 0 fully saturated rings. The molecule has 0 unspecified atom stereocenters. The molecule has 0 aromatic heterocycles. The van der Waals surface area contributed by atoms with Gasteiger partial charge in [0.1, 0.15) is 5.82 Å². The summed E-state index contributed by atoms with van der Waals surface area (Å²) in [6, 6.07) is 9.46. The fourth-order valence-corrected chi connectivity index (χ4v) is 2.55. The number of rotatable bonds is 4. The predicted octanol–water partition coefficient (Wildman–Crippen LogP) is 4.26. The summed E-state index contributed by atoms with van der Waals surface area (Å²) < 4.78 is 13.8. The lowest BCUT2D eigenvalue weighted by Gasteiger charge is -2.10.